The van der Waals surface area contributed by atoms with Crippen LogP contribution in [-0.2, 0) is 16.4 Å². The van der Waals surface area contributed by atoms with E-state index < -0.39 is 10.0 Å². The second-order valence-corrected chi connectivity index (χ2v) is 8.59. The zero-order valence-corrected chi connectivity index (χ0v) is 15.7. The molecule has 0 saturated carbocycles. The van der Waals surface area contributed by atoms with Crippen LogP contribution in [0.3, 0.4) is 0 Å². The lowest BCUT2D eigenvalue weighted by Gasteiger charge is -2.39. The van der Waals surface area contributed by atoms with Crippen LogP contribution in [-0.4, -0.2) is 44.3 Å². The standard InChI is InChI=1S/C20H26N2O2S/c1-3-7-17-10-12-19(13-11-17)25(23,24)22-15-14-21(2)16-20(22)18-8-5-4-6-9-18/h4-6,8-13,20H,3,7,14-16H2,1-2H3. The van der Waals surface area contributed by atoms with E-state index in [1.165, 1.54) is 5.56 Å². The average Bonchev–Trinajstić information content (AvgIpc) is 2.63. The third-order valence-electron chi connectivity index (χ3n) is 4.79. The lowest BCUT2D eigenvalue weighted by Crippen LogP contribution is -2.49. The van der Waals surface area contributed by atoms with Gasteiger partial charge in [-0.15, -0.1) is 0 Å². The first-order valence-corrected chi connectivity index (χ1v) is 10.3. The molecule has 3 rings (SSSR count). The molecule has 0 aliphatic carbocycles. The zero-order valence-electron chi connectivity index (χ0n) is 14.9. The van der Waals surface area contributed by atoms with E-state index in [0.29, 0.717) is 18.0 Å². The second-order valence-electron chi connectivity index (χ2n) is 6.70. The van der Waals surface area contributed by atoms with Gasteiger partial charge in [-0.1, -0.05) is 55.8 Å². The summed E-state index contributed by atoms with van der Waals surface area (Å²) in [5, 5.41) is 0. The summed E-state index contributed by atoms with van der Waals surface area (Å²) >= 11 is 0. The van der Waals surface area contributed by atoms with Crippen molar-refractivity contribution in [2.75, 3.05) is 26.7 Å². The molecule has 2 aromatic carbocycles. The maximum Gasteiger partial charge on any atom is 0.243 e. The van der Waals surface area contributed by atoms with Crippen molar-refractivity contribution in [3.05, 3.63) is 65.7 Å². The normalized spacial score (nSPS) is 19.8. The van der Waals surface area contributed by atoms with Gasteiger partial charge in [0.05, 0.1) is 10.9 Å². The van der Waals surface area contributed by atoms with Gasteiger partial charge in [0.25, 0.3) is 0 Å². The van der Waals surface area contributed by atoms with E-state index in [-0.39, 0.29) is 6.04 Å². The van der Waals surface area contributed by atoms with Crippen molar-refractivity contribution in [1.29, 1.82) is 0 Å². The average molecular weight is 359 g/mol. The van der Waals surface area contributed by atoms with Crippen LogP contribution in [0.1, 0.15) is 30.5 Å². The van der Waals surface area contributed by atoms with Gasteiger partial charge in [0.1, 0.15) is 0 Å². The molecule has 0 bridgehead atoms. The molecule has 0 amide bonds. The van der Waals surface area contributed by atoms with E-state index in [1.54, 1.807) is 16.4 Å². The minimum absolute atomic E-state index is 0.153. The van der Waals surface area contributed by atoms with E-state index in [4.69, 9.17) is 0 Å². The Bertz CT molecular complexity index is 788. The molecular weight excluding hydrogens is 332 g/mol. The van der Waals surface area contributed by atoms with Gasteiger partial charge >= 0.3 is 0 Å². The quantitative estimate of drug-likeness (QED) is 0.823. The van der Waals surface area contributed by atoms with Gasteiger partial charge in [0, 0.05) is 19.6 Å². The summed E-state index contributed by atoms with van der Waals surface area (Å²) in [7, 11) is -1.47. The maximum atomic E-state index is 13.3. The fourth-order valence-corrected chi connectivity index (χ4v) is 4.99. The van der Waals surface area contributed by atoms with Crippen molar-refractivity contribution in [3.8, 4) is 0 Å². The van der Waals surface area contributed by atoms with Crippen molar-refractivity contribution in [2.24, 2.45) is 0 Å². The van der Waals surface area contributed by atoms with E-state index in [2.05, 4.69) is 11.8 Å². The van der Waals surface area contributed by atoms with Crippen molar-refractivity contribution in [2.45, 2.75) is 30.7 Å². The van der Waals surface area contributed by atoms with Gasteiger partial charge < -0.3 is 4.90 Å². The first-order valence-electron chi connectivity index (χ1n) is 8.86. The summed E-state index contributed by atoms with van der Waals surface area (Å²) in [4.78, 5) is 2.58. The van der Waals surface area contributed by atoms with Crippen molar-refractivity contribution < 1.29 is 8.42 Å². The van der Waals surface area contributed by atoms with Crippen LogP contribution in [0.2, 0.25) is 0 Å². The molecule has 1 atom stereocenters. The number of likely N-dealkylation sites (N-methyl/N-ethyl adjacent to an activating group) is 1. The Hall–Kier alpha value is -1.69. The van der Waals surface area contributed by atoms with E-state index in [1.807, 2.05) is 49.5 Å². The Balaban J connectivity index is 1.93. The topological polar surface area (TPSA) is 40.6 Å². The minimum Gasteiger partial charge on any atom is -0.303 e. The van der Waals surface area contributed by atoms with E-state index in [9.17, 15) is 8.42 Å². The number of aryl methyl sites for hydroxylation is 1. The molecule has 134 valence electrons. The van der Waals surface area contributed by atoms with Crippen LogP contribution in [0.15, 0.2) is 59.5 Å². The molecule has 0 N–H and O–H groups in total. The second kappa shape index (κ2) is 7.68. The zero-order chi connectivity index (χ0) is 17.9. The predicted octanol–water partition coefficient (Wildman–Crippen LogP) is 3.32. The number of rotatable bonds is 5. The van der Waals surface area contributed by atoms with Crippen LogP contribution in [0.4, 0.5) is 0 Å². The molecule has 0 aromatic heterocycles. The third-order valence-corrected chi connectivity index (χ3v) is 6.71. The number of hydrogen-bond donors (Lipinski definition) is 0. The maximum absolute atomic E-state index is 13.3. The molecule has 0 radical (unpaired) electrons. The number of hydrogen-bond acceptors (Lipinski definition) is 3. The minimum atomic E-state index is -3.51. The van der Waals surface area contributed by atoms with Crippen LogP contribution in [0.5, 0.6) is 0 Å². The highest BCUT2D eigenvalue weighted by atomic mass is 32.2. The highest BCUT2D eigenvalue weighted by molar-refractivity contribution is 7.89. The predicted molar refractivity (Wildman–Crippen MR) is 101 cm³/mol. The van der Waals surface area contributed by atoms with Crippen molar-refractivity contribution in [1.82, 2.24) is 9.21 Å². The van der Waals surface area contributed by atoms with Gasteiger partial charge in [-0.25, -0.2) is 8.42 Å². The fourth-order valence-electron chi connectivity index (χ4n) is 3.39. The highest BCUT2D eigenvalue weighted by Crippen LogP contribution is 2.30. The summed E-state index contributed by atoms with van der Waals surface area (Å²) in [6.45, 7) is 4.09. The summed E-state index contributed by atoms with van der Waals surface area (Å²) < 4.78 is 28.2. The largest absolute Gasteiger partial charge is 0.303 e. The molecule has 1 unspecified atom stereocenters. The summed E-state index contributed by atoms with van der Waals surface area (Å²) in [5.41, 5.74) is 2.22. The molecular formula is C20H26N2O2S. The van der Waals surface area contributed by atoms with Gasteiger partial charge in [-0.3, -0.25) is 0 Å². The molecule has 2 aromatic rings. The molecule has 0 spiro atoms. The van der Waals surface area contributed by atoms with Gasteiger partial charge in [-0.05, 0) is 36.7 Å². The van der Waals surface area contributed by atoms with Crippen molar-refractivity contribution >= 4 is 10.0 Å². The number of sulfonamides is 1. The third kappa shape index (κ3) is 3.94. The number of nitrogens with zero attached hydrogens (tertiary/aromatic N) is 2. The molecule has 1 saturated heterocycles. The van der Waals surface area contributed by atoms with Crippen LogP contribution in [0, 0.1) is 0 Å². The van der Waals surface area contributed by atoms with Gasteiger partial charge in [0.15, 0.2) is 0 Å². The molecule has 1 aliphatic rings. The Morgan fingerprint density at radius 1 is 1.00 bits per heavy atom. The first-order chi connectivity index (χ1) is 12.0. The Kier molecular flexibility index (Phi) is 5.57. The Labute approximate surface area is 151 Å². The lowest BCUT2D eigenvalue weighted by atomic mass is 10.1. The molecule has 5 heteroatoms. The Morgan fingerprint density at radius 2 is 1.68 bits per heavy atom. The number of piperazine rings is 1. The SMILES string of the molecule is CCCc1ccc(S(=O)(=O)N2CCN(C)CC2c2ccccc2)cc1. The van der Waals surface area contributed by atoms with E-state index >= 15 is 0 Å². The van der Waals surface area contributed by atoms with Gasteiger partial charge in [-0.2, -0.15) is 4.31 Å². The summed E-state index contributed by atoms with van der Waals surface area (Å²) in [6, 6.07) is 17.1. The van der Waals surface area contributed by atoms with Crippen LogP contribution >= 0.6 is 0 Å². The molecule has 1 fully saturated rings. The van der Waals surface area contributed by atoms with Gasteiger partial charge in [0.2, 0.25) is 10.0 Å². The highest BCUT2D eigenvalue weighted by Gasteiger charge is 2.35. The smallest absolute Gasteiger partial charge is 0.243 e. The van der Waals surface area contributed by atoms with Crippen LogP contribution < -0.4 is 0 Å². The Morgan fingerprint density at radius 3 is 2.32 bits per heavy atom. The first kappa shape index (κ1) is 18.1. The lowest BCUT2D eigenvalue weighted by molar-refractivity contribution is 0.160. The monoisotopic (exact) mass is 358 g/mol. The summed E-state index contributed by atoms with van der Waals surface area (Å²) in [5.74, 6) is 0. The van der Waals surface area contributed by atoms with E-state index in [0.717, 1.165) is 24.9 Å². The van der Waals surface area contributed by atoms with Crippen LogP contribution in [0.25, 0.3) is 0 Å². The molecule has 1 aliphatic heterocycles. The molecule has 25 heavy (non-hydrogen) atoms. The summed E-state index contributed by atoms with van der Waals surface area (Å²) in [6.07, 6.45) is 2.03. The molecule has 4 nitrogen and oxygen atoms in total. The fraction of sp³-hybridized carbons (Fsp3) is 0.400. The molecule has 1 heterocycles. The van der Waals surface area contributed by atoms with Crippen molar-refractivity contribution in [3.63, 3.8) is 0 Å². The number of benzene rings is 2.